The first-order chi connectivity index (χ1) is 9.74. The zero-order chi connectivity index (χ0) is 14.4. The molecule has 1 atom stereocenters. The van der Waals surface area contributed by atoms with Gasteiger partial charge < -0.3 is 15.8 Å². The Morgan fingerprint density at radius 2 is 1.80 bits per heavy atom. The van der Waals surface area contributed by atoms with Crippen molar-refractivity contribution in [2.45, 2.75) is 19.6 Å². The minimum atomic E-state index is 0.118. The maximum atomic E-state index is 5.91. The van der Waals surface area contributed by atoms with E-state index in [1.165, 1.54) is 16.7 Å². The summed E-state index contributed by atoms with van der Waals surface area (Å²) in [4.78, 5) is 0. The Hall–Kier alpha value is -1.84. The average Bonchev–Trinajstić information content (AvgIpc) is 2.48. The van der Waals surface area contributed by atoms with Crippen LogP contribution in [0.4, 0.5) is 5.69 Å². The normalized spacial score (nSPS) is 12.2. The van der Waals surface area contributed by atoms with Crippen LogP contribution in [-0.2, 0) is 11.3 Å². The highest BCUT2D eigenvalue weighted by Crippen LogP contribution is 2.22. The van der Waals surface area contributed by atoms with E-state index in [2.05, 4.69) is 48.6 Å². The molecule has 0 aliphatic rings. The van der Waals surface area contributed by atoms with Crippen LogP contribution in [-0.4, -0.2) is 13.7 Å². The van der Waals surface area contributed by atoms with Crippen LogP contribution in [0.2, 0.25) is 0 Å². The van der Waals surface area contributed by atoms with Crippen molar-refractivity contribution >= 4 is 5.69 Å². The molecule has 0 aliphatic heterocycles. The lowest BCUT2D eigenvalue weighted by molar-refractivity contribution is 0.185. The number of methoxy groups -OCH3 is 1. The number of hydrogen-bond donors (Lipinski definition) is 2. The van der Waals surface area contributed by atoms with Gasteiger partial charge in [-0.3, -0.25) is 0 Å². The standard InChI is InChI=1S/C17H22N2O/c1-13-5-3-4-6-16(13)19-17(11-18)15-9-7-14(8-10-15)12-20-2/h3-10,17,19H,11-12,18H2,1-2H3. The summed E-state index contributed by atoms with van der Waals surface area (Å²) >= 11 is 0. The van der Waals surface area contributed by atoms with Crippen LogP contribution in [0.3, 0.4) is 0 Å². The first kappa shape index (κ1) is 14.6. The molecule has 0 bridgehead atoms. The maximum absolute atomic E-state index is 5.91. The molecule has 0 radical (unpaired) electrons. The number of hydrogen-bond acceptors (Lipinski definition) is 3. The molecule has 106 valence electrons. The number of nitrogens with two attached hydrogens (primary N) is 1. The molecule has 0 amide bonds. The quantitative estimate of drug-likeness (QED) is 0.847. The molecule has 3 nitrogen and oxygen atoms in total. The van der Waals surface area contributed by atoms with E-state index in [4.69, 9.17) is 10.5 Å². The number of aryl methyl sites for hydroxylation is 1. The predicted octanol–water partition coefficient (Wildman–Crippen LogP) is 3.25. The van der Waals surface area contributed by atoms with Crippen molar-refractivity contribution < 1.29 is 4.74 Å². The monoisotopic (exact) mass is 270 g/mol. The van der Waals surface area contributed by atoms with Gasteiger partial charge >= 0.3 is 0 Å². The van der Waals surface area contributed by atoms with Gasteiger partial charge in [0.25, 0.3) is 0 Å². The molecule has 2 aromatic carbocycles. The molecule has 0 fully saturated rings. The predicted molar refractivity (Wildman–Crippen MR) is 83.8 cm³/mol. The Morgan fingerprint density at radius 1 is 1.10 bits per heavy atom. The Kier molecular flexibility index (Phi) is 5.16. The van der Waals surface area contributed by atoms with E-state index >= 15 is 0 Å². The molecule has 2 rings (SSSR count). The smallest absolute Gasteiger partial charge is 0.0713 e. The fraction of sp³-hybridized carbons (Fsp3) is 0.294. The van der Waals surface area contributed by atoms with Gasteiger partial charge in [-0.25, -0.2) is 0 Å². The molecule has 3 N–H and O–H groups in total. The van der Waals surface area contributed by atoms with E-state index in [0.29, 0.717) is 13.2 Å². The lowest BCUT2D eigenvalue weighted by atomic mass is 10.0. The van der Waals surface area contributed by atoms with Crippen LogP contribution in [0.25, 0.3) is 0 Å². The third-order valence-electron chi connectivity index (χ3n) is 3.40. The first-order valence-electron chi connectivity index (χ1n) is 6.84. The number of nitrogens with one attached hydrogen (secondary N) is 1. The van der Waals surface area contributed by atoms with E-state index < -0.39 is 0 Å². The number of ether oxygens (including phenoxy) is 1. The SMILES string of the molecule is COCc1ccc(C(CN)Nc2ccccc2C)cc1. The molecule has 0 saturated heterocycles. The summed E-state index contributed by atoms with van der Waals surface area (Å²) in [6.07, 6.45) is 0. The van der Waals surface area contributed by atoms with Crippen LogP contribution in [0, 0.1) is 6.92 Å². The third-order valence-corrected chi connectivity index (χ3v) is 3.40. The fourth-order valence-corrected chi connectivity index (χ4v) is 2.21. The van der Waals surface area contributed by atoms with Crippen molar-refractivity contribution in [2.75, 3.05) is 19.0 Å². The average molecular weight is 270 g/mol. The molecule has 2 aromatic rings. The highest BCUT2D eigenvalue weighted by Gasteiger charge is 2.10. The summed E-state index contributed by atoms with van der Waals surface area (Å²) in [6.45, 7) is 3.29. The largest absolute Gasteiger partial charge is 0.380 e. The Labute approximate surface area is 120 Å². The summed E-state index contributed by atoms with van der Waals surface area (Å²) < 4.78 is 5.13. The van der Waals surface area contributed by atoms with Crippen LogP contribution in [0.5, 0.6) is 0 Å². The van der Waals surface area contributed by atoms with Crippen molar-refractivity contribution in [3.8, 4) is 0 Å². The minimum Gasteiger partial charge on any atom is -0.380 e. The van der Waals surface area contributed by atoms with Crippen molar-refractivity contribution in [3.63, 3.8) is 0 Å². The van der Waals surface area contributed by atoms with Crippen LogP contribution < -0.4 is 11.1 Å². The van der Waals surface area contributed by atoms with Gasteiger partial charge in [0.2, 0.25) is 0 Å². The molecule has 0 spiro atoms. The van der Waals surface area contributed by atoms with E-state index in [1.54, 1.807) is 7.11 Å². The van der Waals surface area contributed by atoms with Crippen LogP contribution in [0.15, 0.2) is 48.5 Å². The Morgan fingerprint density at radius 3 is 2.40 bits per heavy atom. The minimum absolute atomic E-state index is 0.118. The van der Waals surface area contributed by atoms with Crippen LogP contribution in [0.1, 0.15) is 22.7 Å². The van der Waals surface area contributed by atoms with Gasteiger partial charge in [-0.15, -0.1) is 0 Å². The van der Waals surface area contributed by atoms with Gasteiger partial charge in [0, 0.05) is 19.3 Å². The number of para-hydroxylation sites is 1. The topological polar surface area (TPSA) is 47.3 Å². The van der Waals surface area contributed by atoms with Gasteiger partial charge in [-0.1, -0.05) is 42.5 Å². The van der Waals surface area contributed by atoms with E-state index in [1.807, 2.05) is 12.1 Å². The first-order valence-corrected chi connectivity index (χ1v) is 6.84. The summed E-state index contributed by atoms with van der Waals surface area (Å²) in [5.74, 6) is 0. The van der Waals surface area contributed by atoms with Gasteiger partial charge in [0.05, 0.1) is 12.6 Å². The van der Waals surface area contributed by atoms with Crippen molar-refractivity contribution in [1.82, 2.24) is 0 Å². The van der Waals surface area contributed by atoms with Crippen molar-refractivity contribution in [2.24, 2.45) is 5.73 Å². The molecule has 1 unspecified atom stereocenters. The highest BCUT2D eigenvalue weighted by molar-refractivity contribution is 5.52. The molecular formula is C17H22N2O. The Balaban J connectivity index is 2.13. The summed E-state index contributed by atoms with van der Waals surface area (Å²) in [6, 6.07) is 16.8. The van der Waals surface area contributed by atoms with Crippen LogP contribution >= 0.6 is 0 Å². The van der Waals surface area contributed by atoms with E-state index in [9.17, 15) is 0 Å². The van der Waals surface area contributed by atoms with E-state index in [0.717, 1.165) is 5.69 Å². The number of rotatable bonds is 6. The molecule has 0 aromatic heterocycles. The number of anilines is 1. The van der Waals surface area contributed by atoms with Gasteiger partial charge in [0.1, 0.15) is 0 Å². The highest BCUT2D eigenvalue weighted by atomic mass is 16.5. The Bertz CT molecular complexity index is 537. The second-order valence-corrected chi connectivity index (χ2v) is 4.92. The van der Waals surface area contributed by atoms with Crippen molar-refractivity contribution in [3.05, 3.63) is 65.2 Å². The summed E-state index contributed by atoms with van der Waals surface area (Å²) in [5, 5.41) is 3.51. The fourth-order valence-electron chi connectivity index (χ4n) is 2.21. The molecule has 3 heteroatoms. The van der Waals surface area contributed by atoms with Crippen molar-refractivity contribution in [1.29, 1.82) is 0 Å². The van der Waals surface area contributed by atoms with Gasteiger partial charge in [-0.05, 0) is 29.7 Å². The number of benzene rings is 2. The van der Waals surface area contributed by atoms with Gasteiger partial charge in [-0.2, -0.15) is 0 Å². The maximum Gasteiger partial charge on any atom is 0.0713 e. The van der Waals surface area contributed by atoms with Gasteiger partial charge in [0.15, 0.2) is 0 Å². The lowest BCUT2D eigenvalue weighted by Gasteiger charge is -2.20. The second kappa shape index (κ2) is 7.08. The molecule has 0 saturated carbocycles. The molecule has 20 heavy (non-hydrogen) atoms. The zero-order valence-electron chi connectivity index (χ0n) is 12.1. The molecular weight excluding hydrogens is 248 g/mol. The lowest BCUT2D eigenvalue weighted by Crippen LogP contribution is -2.21. The summed E-state index contributed by atoms with van der Waals surface area (Å²) in [5.41, 5.74) is 10.6. The molecule has 0 aliphatic carbocycles. The van der Waals surface area contributed by atoms with E-state index in [-0.39, 0.29) is 6.04 Å². The molecule has 0 heterocycles. The second-order valence-electron chi connectivity index (χ2n) is 4.92. The third kappa shape index (κ3) is 3.59. The summed E-state index contributed by atoms with van der Waals surface area (Å²) in [7, 11) is 1.70. The zero-order valence-corrected chi connectivity index (χ0v) is 12.1.